The summed E-state index contributed by atoms with van der Waals surface area (Å²) in [7, 11) is 0. The van der Waals surface area contributed by atoms with E-state index in [1.807, 2.05) is 91.0 Å². The number of imidazole rings is 1. The fourth-order valence-electron chi connectivity index (χ4n) is 6.29. The van der Waals surface area contributed by atoms with Crippen LogP contribution < -0.4 is 21.5 Å². The molecule has 0 amide bonds. The molecule has 0 spiro atoms. The van der Waals surface area contributed by atoms with E-state index in [4.69, 9.17) is 8.83 Å². The van der Waals surface area contributed by atoms with E-state index in [1.165, 1.54) is 0 Å². The summed E-state index contributed by atoms with van der Waals surface area (Å²) in [6.45, 7) is 2.87. The Labute approximate surface area is 282 Å². The summed E-state index contributed by atoms with van der Waals surface area (Å²) in [6.07, 6.45) is 2.16. The minimum absolute atomic E-state index is 0. The normalized spacial score (nSPS) is 11.2. The van der Waals surface area contributed by atoms with Gasteiger partial charge in [-0.3, -0.25) is 4.79 Å². The minimum Gasteiger partial charge on any atom is -1.00 e. The first-order valence-corrected chi connectivity index (χ1v) is 15.5. The fraction of sp³-hybridized carbons (Fsp3) is 0.0732. The zero-order valence-corrected chi connectivity index (χ0v) is 27.4. The number of aromatic nitrogens is 2. The zero-order valence-electron chi connectivity index (χ0n) is 25.8. The van der Waals surface area contributed by atoms with Crippen molar-refractivity contribution in [3.8, 4) is 11.1 Å². The molecule has 8 aromatic rings. The van der Waals surface area contributed by atoms with Crippen molar-refractivity contribution in [2.45, 2.75) is 20.0 Å². The molecule has 0 radical (unpaired) electrons. The van der Waals surface area contributed by atoms with Gasteiger partial charge in [0.15, 0.2) is 17.6 Å². The maximum atomic E-state index is 13.6. The van der Waals surface area contributed by atoms with E-state index in [0.29, 0.717) is 12.1 Å². The summed E-state index contributed by atoms with van der Waals surface area (Å²) in [5.41, 5.74) is 7.52. The molecule has 0 aliphatic heterocycles. The Morgan fingerprint density at radius 2 is 1.23 bits per heavy atom. The average molecular weight is 680 g/mol. The summed E-state index contributed by atoms with van der Waals surface area (Å²) in [5.74, 6) is 2.55. The predicted molar refractivity (Wildman–Crippen MR) is 183 cm³/mol. The summed E-state index contributed by atoms with van der Waals surface area (Å²) < 4.78 is 17.0. The Bertz CT molecular complexity index is 2250. The number of benzene rings is 5. The standard InChI is InChI=1S/C41H31N2O3.BrH/c1-28-42(24-23-34(40-25-32-13-5-9-17-38(32)45-40)41-26-33-14-6-10-18-39(33)46-41)35-15-7-8-16-36(35)43(28)27-37(44)31-21-19-30(20-22-31)29-11-3-2-4-12-29;/h2-23,25-26H,24,27H2,1H3;1H/q+1;/p-1. The van der Waals surface area contributed by atoms with Crippen LogP contribution in [0.3, 0.4) is 0 Å². The third-order valence-corrected chi connectivity index (χ3v) is 8.72. The summed E-state index contributed by atoms with van der Waals surface area (Å²) in [6, 6.07) is 46.5. The molecule has 47 heavy (non-hydrogen) atoms. The van der Waals surface area contributed by atoms with Gasteiger partial charge in [0, 0.05) is 23.3 Å². The topological polar surface area (TPSA) is 52.2 Å². The number of furan rings is 2. The van der Waals surface area contributed by atoms with Crippen LogP contribution >= 0.6 is 0 Å². The van der Waals surface area contributed by atoms with Gasteiger partial charge >= 0.3 is 0 Å². The summed E-state index contributed by atoms with van der Waals surface area (Å²) in [5, 5.41) is 2.07. The molecule has 0 saturated carbocycles. The average Bonchev–Trinajstić information content (AvgIpc) is 3.80. The molecule has 6 heteroatoms. The number of nitrogens with zero attached hydrogens (tertiary/aromatic N) is 2. The number of hydrogen-bond acceptors (Lipinski definition) is 3. The third-order valence-electron chi connectivity index (χ3n) is 8.72. The van der Waals surface area contributed by atoms with Crippen LogP contribution in [0.2, 0.25) is 0 Å². The van der Waals surface area contributed by atoms with E-state index < -0.39 is 0 Å². The first-order valence-electron chi connectivity index (χ1n) is 15.5. The second-order valence-electron chi connectivity index (χ2n) is 11.5. The van der Waals surface area contributed by atoms with Crippen LogP contribution in [0.5, 0.6) is 0 Å². The molecule has 5 aromatic carbocycles. The Balaban J connectivity index is 0.00000351. The molecule has 0 fully saturated rings. The number of para-hydroxylation sites is 4. The molecule has 8 rings (SSSR count). The number of Topliss-reactive ketones (excluding diaryl/α,β-unsaturated/α-hetero) is 1. The second-order valence-corrected chi connectivity index (χ2v) is 11.5. The lowest BCUT2D eigenvalue weighted by Crippen LogP contribution is -3.00. The highest BCUT2D eigenvalue weighted by atomic mass is 79.9. The van der Waals surface area contributed by atoms with Crippen molar-refractivity contribution in [3.05, 3.63) is 169 Å². The Hall–Kier alpha value is -5.46. The molecule has 0 aliphatic carbocycles. The number of hydrogen-bond donors (Lipinski definition) is 0. The van der Waals surface area contributed by atoms with Crippen molar-refractivity contribution >= 4 is 44.3 Å². The van der Waals surface area contributed by atoms with Crippen molar-refractivity contribution in [1.82, 2.24) is 4.57 Å². The monoisotopic (exact) mass is 678 g/mol. The van der Waals surface area contributed by atoms with E-state index in [0.717, 1.165) is 67.0 Å². The van der Waals surface area contributed by atoms with Crippen LogP contribution in [-0.2, 0) is 13.1 Å². The Kier molecular flexibility index (Phi) is 8.19. The Morgan fingerprint density at radius 3 is 1.87 bits per heavy atom. The van der Waals surface area contributed by atoms with Gasteiger partial charge in [-0.25, -0.2) is 9.13 Å². The lowest BCUT2D eigenvalue weighted by molar-refractivity contribution is -0.664. The number of carbonyl (C=O) groups is 1. The van der Waals surface area contributed by atoms with Crippen molar-refractivity contribution in [1.29, 1.82) is 0 Å². The third kappa shape index (κ3) is 5.73. The van der Waals surface area contributed by atoms with E-state index in [1.54, 1.807) is 0 Å². The van der Waals surface area contributed by atoms with Crippen LogP contribution in [0.15, 0.2) is 154 Å². The number of ketones is 1. The molecule has 0 bridgehead atoms. The lowest BCUT2D eigenvalue weighted by atomic mass is 10.0. The highest BCUT2D eigenvalue weighted by Crippen LogP contribution is 2.33. The highest BCUT2D eigenvalue weighted by Gasteiger charge is 2.24. The first-order chi connectivity index (χ1) is 22.6. The van der Waals surface area contributed by atoms with Crippen molar-refractivity contribution < 1.29 is 35.2 Å². The number of rotatable bonds is 8. The van der Waals surface area contributed by atoms with Crippen LogP contribution in [0.4, 0.5) is 0 Å². The predicted octanol–water partition coefficient (Wildman–Crippen LogP) is 6.42. The van der Waals surface area contributed by atoms with E-state index in [-0.39, 0.29) is 29.3 Å². The smallest absolute Gasteiger partial charge is 0.254 e. The van der Waals surface area contributed by atoms with Gasteiger partial charge < -0.3 is 25.8 Å². The van der Waals surface area contributed by atoms with Gasteiger partial charge in [0.2, 0.25) is 5.78 Å². The number of carbonyl (C=O) groups excluding carboxylic acids is 1. The molecule has 0 unspecified atom stereocenters. The molecule has 0 atom stereocenters. The van der Waals surface area contributed by atoms with Crippen molar-refractivity contribution in [2.24, 2.45) is 0 Å². The maximum absolute atomic E-state index is 13.6. The molecule has 3 heterocycles. The molecule has 230 valence electrons. The maximum Gasteiger partial charge on any atom is 0.254 e. The molecule has 3 aromatic heterocycles. The SMILES string of the molecule is Cc1n(CC=C(c2cc3ccccc3o2)c2cc3ccccc3o2)c2ccccc2[n+]1CC(=O)c1ccc(-c2ccccc2)cc1.[Br-]. The quantitative estimate of drug-likeness (QED) is 0.138. The van der Waals surface area contributed by atoms with Gasteiger partial charge in [0.1, 0.15) is 29.2 Å². The van der Waals surface area contributed by atoms with Crippen LogP contribution in [0, 0.1) is 6.92 Å². The first kappa shape index (κ1) is 30.2. The van der Waals surface area contributed by atoms with Crippen LogP contribution in [0.1, 0.15) is 27.7 Å². The summed E-state index contributed by atoms with van der Waals surface area (Å²) >= 11 is 0. The molecular weight excluding hydrogens is 648 g/mol. The van der Waals surface area contributed by atoms with Crippen molar-refractivity contribution in [2.75, 3.05) is 0 Å². The molecule has 5 nitrogen and oxygen atoms in total. The number of halogens is 1. The van der Waals surface area contributed by atoms with Gasteiger partial charge in [0.25, 0.3) is 5.82 Å². The van der Waals surface area contributed by atoms with Gasteiger partial charge in [-0.05, 0) is 53.6 Å². The van der Waals surface area contributed by atoms with Gasteiger partial charge in [-0.1, -0.05) is 103 Å². The second kappa shape index (κ2) is 12.7. The summed E-state index contributed by atoms with van der Waals surface area (Å²) in [4.78, 5) is 13.6. The number of fused-ring (bicyclic) bond motifs is 3. The molecule has 0 N–H and O–H groups in total. The molecule has 0 saturated heterocycles. The number of allylic oxidation sites excluding steroid dienone is 1. The van der Waals surface area contributed by atoms with Gasteiger partial charge in [-0.2, -0.15) is 0 Å². The Morgan fingerprint density at radius 1 is 0.681 bits per heavy atom. The highest BCUT2D eigenvalue weighted by molar-refractivity contribution is 5.96. The van der Waals surface area contributed by atoms with Crippen molar-refractivity contribution in [3.63, 3.8) is 0 Å². The zero-order chi connectivity index (χ0) is 31.0. The largest absolute Gasteiger partial charge is 1.00 e. The molecular formula is C41H31BrN2O3. The van der Waals surface area contributed by atoms with Crippen LogP contribution in [-0.4, -0.2) is 10.4 Å². The van der Waals surface area contributed by atoms with E-state index in [2.05, 4.69) is 70.7 Å². The van der Waals surface area contributed by atoms with Gasteiger partial charge in [-0.15, -0.1) is 0 Å². The van der Waals surface area contributed by atoms with Gasteiger partial charge in [0.05, 0.1) is 5.57 Å². The fourth-order valence-corrected chi connectivity index (χ4v) is 6.29. The van der Waals surface area contributed by atoms with E-state index in [9.17, 15) is 4.79 Å². The minimum atomic E-state index is 0. The van der Waals surface area contributed by atoms with E-state index >= 15 is 0 Å². The van der Waals surface area contributed by atoms with Crippen LogP contribution in [0.25, 0.3) is 49.7 Å². The molecule has 0 aliphatic rings. The lowest BCUT2D eigenvalue weighted by Gasteiger charge is -2.05.